The summed E-state index contributed by atoms with van der Waals surface area (Å²) in [4.78, 5) is 23.4. The fraction of sp³-hybridized carbons (Fsp3) is 0.977. The molecule has 0 heterocycles. The van der Waals surface area contributed by atoms with Gasteiger partial charge in [0.1, 0.15) is 36.6 Å². The normalized spacial score (nSPS) is 23.7. The molecular formula is C44H88NO12P. The van der Waals surface area contributed by atoms with Crippen molar-refractivity contribution in [3.63, 3.8) is 0 Å². The second-order valence-electron chi connectivity index (χ2n) is 17.2. The Hall–Kier alpha value is -0.700. The van der Waals surface area contributed by atoms with Crippen molar-refractivity contribution in [2.45, 2.75) is 268 Å². The highest BCUT2D eigenvalue weighted by atomic mass is 31.2. The van der Waals surface area contributed by atoms with E-state index in [1.807, 2.05) is 0 Å². The smallest absolute Gasteiger partial charge is 0.393 e. The van der Waals surface area contributed by atoms with E-state index in [2.05, 4.69) is 19.2 Å². The molecule has 0 saturated heterocycles. The van der Waals surface area contributed by atoms with Gasteiger partial charge in [0.05, 0.1) is 31.3 Å². The van der Waals surface area contributed by atoms with Gasteiger partial charge in [-0.3, -0.25) is 13.8 Å². The molecule has 0 aliphatic heterocycles. The molecule has 13 nitrogen and oxygen atoms in total. The third-order valence-corrected chi connectivity index (χ3v) is 12.7. The minimum Gasteiger partial charge on any atom is -0.393 e. The molecule has 1 fully saturated rings. The number of aliphatic hydroxyl groups excluding tert-OH is 7. The van der Waals surface area contributed by atoms with Crippen LogP contribution in [0.15, 0.2) is 0 Å². The number of hydrogen-bond acceptors (Lipinski definition) is 11. The molecular weight excluding hydrogens is 765 g/mol. The van der Waals surface area contributed by atoms with Crippen molar-refractivity contribution in [2.75, 3.05) is 6.61 Å². The topological polar surface area (TPSA) is 226 Å². The monoisotopic (exact) mass is 854 g/mol. The Morgan fingerprint density at radius 3 is 1.24 bits per heavy atom. The number of carbonyl (C=O) groups is 1. The highest BCUT2D eigenvalue weighted by Gasteiger charge is 2.51. The summed E-state index contributed by atoms with van der Waals surface area (Å²) in [5.41, 5.74) is 0. The maximum absolute atomic E-state index is 13.0. The molecule has 346 valence electrons. The molecule has 1 amide bonds. The lowest BCUT2D eigenvalue weighted by Gasteiger charge is -2.41. The Morgan fingerprint density at radius 2 is 0.862 bits per heavy atom. The minimum atomic E-state index is -5.11. The zero-order chi connectivity index (χ0) is 43.0. The molecule has 0 spiro atoms. The van der Waals surface area contributed by atoms with Crippen molar-refractivity contribution in [3.05, 3.63) is 0 Å². The van der Waals surface area contributed by atoms with Gasteiger partial charge in [-0.2, -0.15) is 0 Å². The van der Waals surface area contributed by atoms with Crippen LogP contribution in [-0.4, -0.2) is 108 Å². The number of rotatable bonds is 39. The van der Waals surface area contributed by atoms with Crippen LogP contribution in [0.25, 0.3) is 0 Å². The van der Waals surface area contributed by atoms with Crippen molar-refractivity contribution < 1.29 is 59.0 Å². The molecule has 1 saturated carbocycles. The highest BCUT2D eigenvalue weighted by Crippen LogP contribution is 2.47. The lowest BCUT2D eigenvalue weighted by Crippen LogP contribution is -2.64. The predicted octanol–water partition coefficient (Wildman–Crippen LogP) is 7.65. The summed E-state index contributed by atoms with van der Waals surface area (Å²) in [6.45, 7) is 3.76. The first-order valence-electron chi connectivity index (χ1n) is 23.6. The Kier molecular flexibility index (Phi) is 33.2. The van der Waals surface area contributed by atoms with Crippen LogP contribution in [0.5, 0.6) is 0 Å². The fourth-order valence-corrected chi connectivity index (χ4v) is 8.80. The van der Waals surface area contributed by atoms with E-state index in [4.69, 9.17) is 9.05 Å². The number of hydrogen-bond donors (Lipinski definition) is 9. The van der Waals surface area contributed by atoms with Crippen LogP contribution < -0.4 is 5.32 Å². The largest absolute Gasteiger partial charge is 0.472 e. The molecule has 8 unspecified atom stereocenters. The molecule has 9 N–H and O–H groups in total. The van der Waals surface area contributed by atoms with Gasteiger partial charge in [0.2, 0.25) is 5.91 Å². The number of phosphoric ester groups is 1. The molecule has 1 aliphatic rings. The minimum absolute atomic E-state index is 0.216. The summed E-state index contributed by atoms with van der Waals surface area (Å²) in [6.07, 6.45) is 20.4. The maximum atomic E-state index is 13.0. The number of aliphatic hydroxyl groups is 7. The van der Waals surface area contributed by atoms with E-state index in [-0.39, 0.29) is 12.8 Å². The third kappa shape index (κ3) is 26.6. The van der Waals surface area contributed by atoms with E-state index in [1.54, 1.807) is 0 Å². The van der Waals surface area contributed by atoms with Gasteiger partial charge >= 0.3 is 7.82 Å². The predicted molar refractivity (Wildman–Crippen MR) is 229 cm³/mol. The zero-order valence-corrected chi connectivity index (χ0v) is 37.4. The second-order valence-corrected chi connectivity index (χ2v) is 18.6. The van der Waals surface area contributed by atoms with E-state index in [0.29, 0.717) is 12.8 Å². The van der Waals surface area contributed by atoms with Crippen molar-refractivity contribution in [2.24, 2.45) is 0 Å². The van der Waals surface area contributed by atoms with Crippen LogP contribution >= 0.6 is 7.82 Å². The zero-order valence-electron chi connectivity index (χ0n) is 36.5. The number of phosphoric acid groups is 1. The number of amides is 1. The molecule has 1 aliphatic carbocycles. The number of nitrogens with one attached hydrogen (secondary N) is 1. The molecule has 1 rings (SSSR count). The lowest BCUT2D eigenvalue weighted by molar-refractivity contribution is -0.220. The summed E-state index contributed by atoms with van der Waals surface area (Å²) in [7, 11) is -5.11. The maximum Gasteiger partial charge on any atom is 0.472 e. The summed E-state index contributed by atoms with van der Waals surface area (Å²) in [5.74, 6) is -0.558. The first-order chi connectivity index (χ1) is 27.8. The van der Waals surface area contributed by atoms with Crippen LogP contribution in [-0.2, 0) is 18.4 Å². The summed E-state index contributed by atoms with van der Waals surface area (Å²) in [5, 5.41) is 74.4. The highest BCUT2D eigenvalue weighted by molar-refractivity contribution is 7.47. The molecule has 8 atom stereocenters. The van der Waals surface area contributed by atoms with Crippen LogP contribution in [0.1, 0.15) is 213 Å². The molecule has 0 aromatic rings. The standard InChI is InChI=1S/C44H88NO12P/c1-3-5-7-9-11-13-14-15-16-17-18-19-20-21-22-24-25-27-29-31-35(46)33-38(48)45-36(37(47)32-30-28-26-23-12-10-8-6-4-2)34-56-58(54,55)57-44-42(52)40(50)39(49)41(51)43(44)53/h35-37,39-44,46-47,49-53H,3-34H2,1-2H3,(H,45,48)(H,54,55). The van der Waals surface area contributed by atoms with E-state index in [9.17, 15) is 50.0 Å². The molecule has 0 bridgehead atoms. The van der Waals surface area contributed by atoms with Crippen molar-refractivity contribution in [3.8, 4) is 0 Å². The van der Waals surface area contributed by atoms with E-state index in [1.165, 1.54) is 122 Å². The average molecular weight is 854 g/mol. The van der Waals surface area contributed by atoms with Gasteiger partial charge in [0, 0.05) is 0 Å². The Bertz CT molecular complexity index is 1010. The van der Waals surface area contributed by atoms with E-state index in [0.717, 1.165) is 51.4 Å². The van der Waals surface area contributed by atoms with Crippen LogP contribution in [0.3, 0.4) is 0 Å². The Balaban J connectivity index is 2.41. The summed E-state index contributed by atoms with van der Waals surface area (Å²) in [6, 6.07) is -1.15. The Labute approximate surface area is 351 Å². The molecule has 0 radical (unpaired) electrons. The number of carbonyl (C=O) groups excluding carboxylic acids is 1. The average Bonchev–Trinajstić information content (AvgIpc) is 3.19. The van der Waals surface area contributed by atoms with Gasteiger partial charge < -0.3 is 46.0 Å². The molecule has 58 heavy (non-hydrogen) atoms. The SMILES string of the molecule is CCCCCCCCCCCCCCCCCCCCCC(O)CC(=O)NC(COP(=O)(O)OC1C(O)C(O)C(O)C(O)C1O)C(O)CCCCCCCCCCC. The van der Waals surface area contributed by atoms with E-state index < -0.39 is 75.2 Å². The van der Waals surface area contributed by atoms with Crippen molar-refractivity contribution in [1.29, 1.82) is 0 Å². The van der Waals surface area contributed by atoms with Gasteiger partial charge in [0.15, 0.2) is 0 Å². The van der Waals surface area contributed by atoms with Crippen LogP contribution in [0, 0.1) is 0 Å². The van der Waals surface area contributed by atoms with Crippen LogP contribution in [0.2, 0.25) is 0 Å². The molecule has 14 heteroatoms. The molecule has 0 aromatic carbocycles. The van der Waals surface area contributed by atoms with E-state index >= 15 is 0 Å². The van der Waals surface area contributed by atoms with Crippen molar-refractivity contribution in [1.82, 2.24) is 5.32 Å². The number of unbranched alkanes of at least 4 members (excludes halogenated alkanes) is 26. The van der Waals surface area contributed by atoms with Crippen LogP contribution in [0.4, 0.5) is 0 Å². The molecule has 0 aromatic heterocycles. The van der Waals surface area contributed by atoms with Gasteiger partial charge in [-0.25, -0.2) is 4.57 Å². The van der Waals surface area contributed by atoms with Gasteiger partial charge in [-0.05, 0) is 12.8 Å². The second kappa shape index (κ2) is 34.8. The fourth-order valence-electron chi connectivity index (χ4n) is 7.83. The Morgan fingerprint density at radius 1 is 0.534 bits per heavy atom. The van der Waals surface area contributed by atoms with Gasteiger partial charge in [-0.1, -0.05) is 194 Å². The quantitative estimate of drug-likeness (QED) is 0.0215. The van der Waals surface area contributed by atoms with Crippen molar-refractivity contribution >= 4 is 13.7 Å². The first-order valence-corrected chi connectivity index (χ1v) is 25.1. The summed E-state index contributed by atoms with van der Waals surface area (Å²) >= 11 is 0. The van der Waals surface area contributed by atoms with Gasteiger partial charge in [0.25, 0.3) is 0 Å². The lowest BCUT2D eigenvalue weighted by atomic mass is 9.85. The first kappa shape index (κ1) is 55.3. The van der Waals surface area contributed by atoms with Gasteiger partial charge in [-0.15, -0.1) is 0 Å². The summed E-state index contributed by atoms with van der Waals surface area (Å²) < 4.78 is 22.8. The third-order valence-electron chi connectivity index (χ3n) is 11.7.